The molecule has 1 saturated heterocycles. The first kappa shape index (κ1) is 19.8. The first-order chi connectivity index (χ1) is 13.0. The van der Waals surface area contributed by atoms with Gasteiger partial charge in [-0.2, -0.15) is 10.2 Å². The van der Waals surface area contributed by atoms with Crippen LogP contribution in [-0.4, -0.2) is 34.3 Å². The lowest BCUT2D eigenvalue weighted by atomic mass is 9.96. The van der Waals surface area contributed by atoms with E-state index in [1.54, 1.807) is 18.3 Å². The maximum Gasteiger partial charge on any atom is 0.229 e. The fraction of sp³-hybridized carbons (Fsp3) is 0.389. The number of anilines is 3. The Morgan fingerprint density at radius 1 is 1.48 bits per heavy atom. The molecular weight excluding hydrogens is 434 g/mol. The first-order valence-corrected chi connectivity index (χ1v) is 9.62. The number of aromatic nitrogens is 2. The fourth-order valence-electron chi connectivity index (χ4n) is 2.82. The second-order valence-corrected chi connectivity index (χ2v) is 7.49. The summed E-state index contributed by atoms with van der Waals surface area (Å²) in [5.41, 5.74) is 2.19. The zero-order chi connectivity index (χ0) is 19.4. The van der Waals surface area contributed by atoms with Crippen LogP contribution in [0.4, 0.5) is 17.5 Å². The lowest BCUT2D eigenvalue weighted by Crippen LogP contribution is -2.38. The Labute approximate surface area is 170 Å². The van der Waals surface area contributed by atoms with E-state index < -0.39 is 0 Å². The van der Waals surface area contributed by atoms with Crippen molar-refractivity contribution in [3.63, 3.8) is 0 Å². The third kappa shape index (κ3) is 4.68. The van der Waals surface area contributed by atoms with Gasteiger partial charge in [0.25, 0.3) is 0 Å². The number of hydrogen-bond donors (Lipinski definition) is 3. The number of nitrogens with one attached hydrogen (secondary N) is 2. The summed E-state index contributed by atoms with van der Waals surface area (Å²) in [5, 5.41) is 25.7. The second-order valence-electron chi connectivity index (χ2n) is 6.29. The van der Waals surface area contributed by atoms with E-state index in [1.807, 2.05) is 6.92 Å². The van der Waals surface area contributed by atoms with E-state index >= 15 is 0 Å². The maximum atomic E-state index is 9.45. The summed E-state index contributed by atoms with van der Waals surface area (Å²) in [6.45, 7) is 2.82. The van der Waals surface area contributed by atoms with Crippen LogP contribution in [0.1, 0.15) is 17.5 Å². The number of benzene rings is 1. The molecule has 1 aliphatic rings. The number of nitriles is 1. The minimum Gasteiger partial charge on any atom is -0.392 e. The molecule has 1 fully saturated rings. The molecule has 3 rings (SSSR count). The van der Waals surface area contributed by atoms with Crippen LogP contribution in [0.25, 0.3) is 0 Å². The van der Waals surface area contributed by atoms with Crippen molar-refractivity contribution in [2.24, 2.45) is 5.92 Å². The van der Waals surface area contributed by atoms with Gasteiger partial charge >= 0.3 is 0 Å². The summed E-state index contributed by atoms with van der Waals surface area (Å²) < 4.78 is 6.14. The van der Waals surface area contributed by atoms with Crippen LogP contribution >= 0.6 is 27.5 Å². The number of hydrogen-bond acceptors (Lipinski definition) is 7. The van der Waals surface area contributed by atoms with Crippen LogP contribution < -0.4 is 10.6 Å². The molecule has 142 valence electrons. The van der Waals surface area contributed by atoms with E-state index in [0.29, 0.717) is 52.1 Å². The van der Waals surface area contributed by atoms with Crippen LogP contribution in [0, 0.1) is 24.2 Å². The Balaban J connectivity index is 1.81. The van der Waals surface area contributed by atoms with Gasteiger partial charge in [0.15, 0.2) is 0 Å². The molecule has 9 heteroatoms. The number of nitrogens with zero attached hydrogens (tertiary/aromatic N) is 3. The highest BCUT2D eigenvalue weighted by atomic mass is 79.9. The van der Waals surface area contributed by atoms with Crippen LogP contribution in [0.3, 0.4) is 0 Å². The molecule has 0 bridgehead atoms. The predicted octanol–water partition coefficient (Wildman–Crippen LogP) is 3.78. The average molecular weight is 453 g/mol. The van der Waals surface area contributed by atoms with Crippen LogP contribution in [-0.2, 0) is 11.3 Å². The normalized spacial score (nSPS) is 19.4. The van der Waals surface area contributed by atoms with Gasteiger partial charge in [0, 0.05) is 28.5 Å². The Bertz CT molecular complexity index is 874. The molecule has 1 aromatic heterocycles. The quantitative estimate of drug-likeness (QED) is 0.634. The van der Waals surface area contributed by atoms with Gasteiger partial charge in [0.2, 0.25) is 5.95 Å². The number of ether oxygens (including phenoxy) is 1. The molecule has 2 atom stereocenters. The molecule has 3 N–H and O–H groups in total. The summed E-state index contributed by atoms with van der Waals surface area (Å²) in [4.78, 5) is 8.82. The number of aliphatic hydroxyl groups excluding tert-OH is 1. The summed E-state index contributed by atoms with van der Waals surface area (Å²) in [6, 6.07) is 5.71. The molecule has 2 heterocycles. The Hall–Kier alpha value is -1.92. The van der Waals surface area contributed by atoms with Gasteiger partial charge < -0.3 is 20.5 Å². The van der Waals surface area contributed by atoms with Gasteiger partial charge in [-0.3, -0.25) is 0 Å². The smallest absolute Gasteiger partial charge is 0.229 e. The molecule has 7 nitrogen and oxygen atoms in total. The number of aliphatic hydroxyl groups is 1. The van der Waals surface area contributed by atoms with Crippen LogP contribution in [0.15, 0.2) is 22.8 Å². The number of rotatable bonds is 5. The van der Waals surface area contributed by atoms with Gasteiger partial charge in [0.1, 0.15) is 5.82 Å². The van der Waals surface area contributed by atoms with E-state index in [4.69, 9.17) is 16.3 Å². The second kappa shape index (κ2) is 8.85. The largest absolute Gasteiger partial charge is 0.392 e. The summed E-state index contributed by atoms with van der Waals surface area (Å²) in [6.07, 6.45) is 2.40. The van der Waals surface area contributed by atoms with Crippen LogP contribution in [0.5, 0.6) is 0 Å². The molecule has 0 radical (unpaired) electrons. The van der Waals surface area contributed by atoms with Crippen molar-refractivity contribution in [1.82, 2.24) is 9.97 Å². The minimum absolute atomic E-state index is 0.117. The lowest BCUT2D eigenvalue weighted by molar-refractivity contribution is 0.0698. The van der Waals surface area contributed by atoms with Crippen molar-refractivity contribution in [2.45, 2.75) is 26.0 Å². The van der Waals surface area contributed by atoms with Gasteiger partial charge in [0.05, 0.1) is 36.3 Å². The Kier molecular flexibility index (Phi) is 6.50. The molecular formula is C18H19BrClN5O2. The third-order valence-electron chi connectivity index (χ3n) is 4.35. The zero-order valence-corrected chi connectivity index (χ0v) is 17.0. The highest BCUT2D eigenvalue weighted by molar-refractivity contribution is 9.10. The van der Waals surface area contributed by atoms with Crippen molar-refractivity contribution < 1.29 is 9.84 Å². The summed E-state index contributed by atoms with van der Waals surface area (Å²) in [5.74, 6) is 0.909. The minimum atomic E-state index is -0.144. The van der Waals surface area contributed by atoms with Crippen LogP contribution in [0.2, 0.25) is 5.02 Å². The van der Waals surface area contributed by atoms with Crippen molar-refractivity contribution in [2.75, 3.05) is 23.8 Å². The van der Waals surface area contributed by atoms with E-state index in [9.17, 15) is 10.4 Å². The maximum absolute atomic E-state index is 9.45. The molecule has 1 aliphatic heterocycles. The van der Waals surface area contributed by atoms with Crippen molar-refractivity contribution in [3.8, 4) is 6.07 Å². The third-order valence-corrected chi connectivity index (χ3v) is 5.81. The van der Waals surface area contributed by atoms with E-state index in [1.165, 1.54) is 0 Å². The highest BCUT2D eigenvalue weighted by Gasteiger charge is 2.26. The van der Waals surface area contributed by atoms with Gasteiger partial charge in [-0.1, -0.05) is 11.6 Å². The lowest BCUT2D eigenvalue weighted by Gasteiger charge is -2.28. The van der Waals surface area contributed by atoms with E-state index in [0.717, 1.165) is 5.56 Å². The predicted molar refractivity (Wildman–Crippen MR) is 107 cm³/mol. The van der Waals surface area contributed by atoms with Crippen molar-refractivity contribution in [1.29, 1.82) is 5.26 Å². The molecule has 1 unspecified atom stereocenters. The molecule has 0 spiro atoms. The monoisotopic (exact) mass is 451 g/mol. The average Bonchev–Trinajstić information content (AvgIpc) is 2.67. The molecule has 0 amide bonds. The standard InChI is InChI=1S/C18H19BrClN5O2/c1-10-7-22-18(23-13-4-12(8-26)16(19)14(20)5-13)25-17(10)24-15-9-27-3-2-11(15)6-21/h4-5,7,11,15,26H,2-3,8-9H2,1H3,(H2,22,23,24,25)/t11?,15-/m0/s1. The highest BCUT2D eigenvalue weighted by Crippen LogP contribution is 2.31. The zero-order valence-electron chi connectivity index (χ0n) is 14.7. The fourth-order valence-corrected chi connectivity index (χ4v) is 3.41. The Morgan fingerprint density at radius 2 is 2.30 bits per heavy atom. The molecule has 1 aromatic carbocycles. The van der Waals surface area contributed by atoms with Gasteiger partial charge in [-0.15, -0.1) is 0 Å². The van der Waals surface area contributed by atoms with Crippen molar-refractivity contribution in [3.05, 3.63) is 39.0 Å². The van der Waals surface area contributed by atoms with E-state index in [-0.39, 0.29) is 18.6 Å². The van der Waals surface area contributed by atoms with Gasteiger partial charge in [-0.05, 0) is 47.0 Å². The Morgan fingerprint density at radius 3 is 3.04 bits per heavy atom. The number of aryl methyl sites for hydroxylation is 1. The van der Waals surface area contributed by atoms with Crippen molar-refractivity contribution >= 4 is 45.0 Å². The molecule has 0 saturated carbocycles. The van der Waals surface area contributed by atoms with Gasteiger partial charge in [-0.25, -0.2) is 4.98 Å². The molecule has 2 aromatic rings. The summed E-state index contributed by atoms with van der Waals surface area (Å²) >= 11 is 9.54. The molecule has 0 aliphatic carbocycles. The first-order valence-electron chi connectivity index (χ1n) is 8.45. The molecule has 27 heavy (non-hydrogen) atoms. The SMILES string of the molecule is Cc1cnc(Nc2cc(Cl)c(Br)c(CO)c2)nc1N[C@H]1COCCC1C#N. The summed E-state index contributed by atoms with van der Waals surface area (Å²) in [7, 11) is 0. The van der Waals surface area contributed by atoms with E-state index in [2.05, 4.69) is 42.6 Å². The number of halogens is 2. The topological polar surface area (TPSA) is 103 Å².